The van der Waals surface area contributed by atoms with Crippen LogP contribution in [0.3, 0.4) is 0 Å². The molecule has 1 aromatic rings. The fourth-order valence-corrected chi connectivity index (χ4v) is 1.64. The van der Waals surface area contributed by atoms with Gasteiger partial charge in [-0.3, -0.25) is 4.79 Å². The van der Waals surface area contributed by atoms with Gasteiger partial charge in [0, 0.05) is 19.2 Å². The normalized spacial score (nSPS) is 19.4. The summed E-state index contributed by atoms with van der Waals surface area (Å²) < 4.78 is 0. The van der Waals surface area contributed by atoms with Gasteiger partial charge in [0.2, 0.25) is 5.91 Å². The van der Waals surface area contributed by atoms with E-state index >= 15 is 0 Å². The van der Waals surface area contributed by atoms with Crippen molar-refractivity contribution in [2.75, 3.05) is 7.05 Å². The lowest BCUT2D eigenvalue weighted by Gasteiger charge is -2.10. The molecule has 2 rings (SSSR count). The Kier molecular flexibility index (Phi) is 2.35. The number of benzene rings is 1. The number of nitrogens with zero attached hydrogens (tertiary/aromatic N) is 1. The largest absolute Gasteiger partial charge is 0.319 e. The fraction of sp³-hybridized carbons (Fsp3) is 0.250. The molecular formula is C12H13NO. The first-order valence-electron chi connectivity index (χ1n) is 4.79. The van der Waals surface area contributed by atoms with E-state index in [1.807, 2.05) is 37.4 Å². The van der Waals surface area contributed by atoms with Crippen LogP contribution in [0.1, 0.15) is 18.4 Å². The first-order chi connectivity index (χ1) is 6.77. The molecule has 1 saturated heterocycles. The molecule has 2 heteroatoms. The minimum atomic E-state index is 0.215. The topological polar surface area (TPSA) is 20.3 Å². The third-order valence-electron chi connectivity index (χ3n) is 2.53. The average Bonchev–Trinajstić information content (AvgIpc) is 2.52. The predicted octanol–water partition coefficient (Wildman–Crippen LogP) is 2.28. The van der Waals surface area contributed by atoms with Crippen LogP contribution in [-0.2, 0) is 4.79 Å². The zero-order valence-electron chi connectivity index (χ0n) is 8.23. The van der Waals surface area contributed by atoms with Crippen LogP contribution in [0.25, 0.3) is 6.08 Å². The molecule has 2 nitrogen and oxygen atoms in total. The number of carbonyl (C=O) groups excluding carboxylic acids is 1. The van der Waals surface area contributed by atoms with Crippen molar-refractivity contribution in [1.29, 1.82) is 0 Å². The van der Waals surface area contributed by atoms with E-state index in [0.717, 1.165) is 17.7 Å². The van der Waals surface area contributed by atoms with E-state index in [-0.39, 0.29) is 5.91 Å². The lowest BCUT2D eigenvalue weighted by molar-refractivity contribution is -0.125. The number of likely N-dealkylation sites (tertiary alicyclic amines) is 1. The Bertz CT molecular complexity index is 367. The molecule has 0 unspecified atom stereocenters. The Morgan fingerprint density at radius 2 is 1.93 bits per heavy atom. The van der Waals surface area contributed by atoms with Crippen LogP contribution >= 0.6 is 0 Å². The summed E-state index contributed by atoms with van der Waals surface area (Å²) in [6.45, 7) is 0. The summed E-state index contributed by atoms with van der Waals surface area (Å²) in [5.41, 5.74) is 2.27. The number of carbonyl (C=O) groups is 1. The lowest BCUT2D eigenvalue weighted by Crippen LogP contribution is -2.16. The Balaban J connectivity index is 2.24. The molecule has 0 radical (unpaired) electrons. The number of hydrogen-bond acceptors (Lipinski definition) is 1. The molecule has 0 saturated carbocycles. The average molecular weight is 187 g/mol. The van der Waals surface area contributed by atoms with Crippen molar-refractivity contribution in [2.24, 2.45) is 0 Å². The van der Waals surface area contributed by atoms with Crippen LogP contribution in [0.4, 0.5) is 0 Å². The van der Waals surface area contributed by atoms with Gasteiger partial charge in [-0.2, -0.15) is 0 Å². The zero-order chi connectivity index (χ0) is 9.97. The van der Waals surface area contributed by atoms with Gasteiger partial charge < -0.3 is 4.90 Å². The van der Waals surface area contributed by atoms with Gasteiger partial charge >= 0.3 is 0 Å². The van der Waals surface area contributed by atoms with Crippen molar-refractivity contribution < 1.29 is 4.79 Å². The third-order valence-corrected chi connectivity index (χ3v) is 2.53. The van der Waals surface area contributed by atoms with Gasteiger partial charge in [0.05, 0.1) is 0 Å². The monoisotopic (exact) mass is 187 g/mol. The summed E-state index contributed by atoms with van der Waals surface area (Å²) in [4.78, 5) is 13.0. The van der Waals surface area contributed by atoms with Gasteiger partial charge in [-0.1, -0.05) is 30.3 Å². The van der Waals surface area contributed by atoms with E-state index in [1.54, 1.807) is 4.90 Å². The molecule has 0 atom stereocenters. The number of allylic oxidation sites excluding steroid dienone is 1. The van der Waals surface area contributed by atoms with E-state index in [2.05, 4.69) is 6.08 Å². The molecule has 0 bridgehead atoms. The standard InChI is InChI=1S/C12H13NO/c1-13-11(7-8-12(13)14)9-10-5-3-2-4-6-10/h2-6,9H,7-8H2,1H3/b11-9-. The SMILES string of the molecule is CN1C(=O)CC/C1=C/c1ccccc1. The highest BCUT2D eigenvalue weighted by atomic mass is 16.2. The van der Waals surface area contributed by atoms with Crippen molar-refractivity contribution in [2.45, 2.75) is 12.8 Å². The van der Waals surface area contributed by atoms with E-state index in [4.69, 9.17) is 0 Å². The molecule has 1 fully saturated rings. The second-order valence-corrected chi connectivity index (χ2v) is 3.50. The van der Waals surface area contributed by atoms with Crippen molar-refractivity contribution in [3.8, 4) is 0 Å². The van der Waals surface area contributed by atoms with Crippen LogP contribution in [0.15, 0.2) is 36.0 Å². The second kappa shape index (κ2) is 3.66. The van der Waals surface area contributed by atoms with Crippen LogP contribution in [-0.4, -0.2) is 17.9 Å². The maximum Gasteiger partial charge on any atom is 0.226 e. The molecule has 72 valence electrons. The van der Waals surface area contributed by atoms with Gasteiger partial charge in [-0.15, -0.1) is 0 Å². The number of rotatable bonds is 1. The van der Waals surface area contributed by atoms with Gasteiger partial charge in [0.15, 0.2) is 0 Å². The van der Waals surface area contributed by atoms with Gasteiger partial charge in [0.1, 0.15) is 0 Å². The number of amides is 1. The highest BCUT2D eigenvalue weighted by Gasteiger charge is 2.21. The van der Waals surface area contributed by atoms with E-state index in [1.165, 1.54) is 0 Å². The van der Waals surface area contributed by atoms with Crippen LogP contribution in [0.2, 0.25) is 0 Å². The van der Waals surface area contributed by atoms with Crippen LogP contribution < -0.4 is 0 Å². The van der Waals surface area contributed by atoms with Crippen LogP contribution in [0.5, 0.6) is 0 Å². The maximum atomic E-state index is 11.3. The Morgan fingerprint density at radius 1 is 1.21 bits per heavy atom. The molecular weight excluding hydrogens is 174 g/mol. The maximum absolute atomic E-state index is 11.3. The molecule has 14 heavy (non-hydrogen) atoms. The van der Waals surface area contributed by atoms with E-state index < -0.39 is 0 Å². The predicted molar refractivity (Wildman–Crippen MR) is 56.4 cm³/mol. The van der Waals surface area contributed by atoms with Crippen molar-refractivity contribution in [3.63, 3.8) is 0 Å². The minimum Gasteiger partial charge on any atom is -0.319 e. The molecule has 0 spiro atoms. The molecule has 1 aliphatic rings. The lowest BCUT2D eigenvalue weighted by atomic mass is 10.2. The molecule has 1 heterocycles. The van der Waals surface area contributed by atoms with Gasteiger partial charge in [-0.05, 0) is 18.1 Å². The molecule has 0 aromatic heterocycles. The second-order valence-electron chi connectivity index (χ2n) is 3.50. The smallest absolute Gasteiger partial charge is 0.226 e. The minimum absolute atomic E-state index is 0.215. The van der Waals surface area contributed by atoms with Crippen molar-refractivity contribution in [3.05, 3.63) is 41.6 Å². The quantitative estimate of drug-likeness (QED) is 0.660. The summed E-state index contributed by atoms with van der Waals surface area (Å²) >= 11 is 0. The Labute approximate surface area is 83.8 Å². The third kappa shape index (κ3) is 1.69. The first-order valence-corrected chi connectivity index (χ1v) is 4.79. The summed E-state index contributed by atoms with van der Waals surface area (Å²) in [5.74, 6) is 0.215. The fourth-order valence-electron chi connectivity index (χ4n) is 1.64. The molecule has 0 N–H and O–H groups in total. The first kappa shape index (κ1) is 9.00. The van der Waals surface area contributed by atoms with Gasteiger partial charge in [-0.25, -0.2) is 0 Å². The summed E-state index contributed by atoms with van der Waals surface area (Å²) in [6, 6.07) is 10.1. The van der Waals surface area contributed by atoms with Gasteiger partial charge in [0.25, 0.3) is 0 Å². The Morgan fingerprint density at radius 3 is 2.50 bits per heavy atom. The van der Waals surface area contributed by atoms with E-state index in [9.17, 15) is 4.79 Å². The van der Waals surface area contributed by atoms with E-state index in [0.29, 0.717) is 6.42 Å². The molecule has 1 aliphatic heterocycles. The highest BCUT2D eigenvalue weighted by Crippen LogP contribution is 2.22. The van der Waals surface area contributed by atoms with Crippen molar-refractivity contribution >= 4 is 12.0 Å². The number of hydrogen-bond donors (Lipinski definition) is 0. The molecule has 1 amide bonds. The van der Waals surface area contributed by atoms with Crippen LogP contribution in [0, 0.1) is 0 Å². The summed E-state index contributed by atoms with van der Waals surface area (Å²) in [7, 11) is 1.84. The summed E-state index contributed by atoms with van der Waals surface area (Å²) in [5, 5.41) is 0. The molecule has 0 aliphatic carbocycles. The molecule has 1 aromatic carbocycles. The Hall–Kier alpha value is -1.57. The highest BCUT2D eigenvalue weighted by molar-refractivity contribution is 5.82. The van der Waals surface area contributed by atoms with Crippen molar-refractivity contribution in [1.82, 2.24) is 4.90 Å². The summed E-state index contributed by atoms with van der Waals surface area (Å²) in [6.07, 6.45) is 3.59. The zero-order valence-corrected chi connectivity index (χ0v) is 8.23.